The Hall–Kier alpha value is -1.09. The fourth-order valence-corrected chi connectivity index (χ4v) is 3.13. The van der Waals surface area contributed by atoms with Crippen molar-refractivity contribution in [3.05, 3.63) is 29.8 Å². The van der Waals surface area contributed by atoms with Crippen molar-refractivity contribution in [1.82, 2.24) is 0 Å². The van der Waals surface area contributed by atoms with Crippen LogP contribution in [0.1, 0.15) is 44.6 Å². The largest absolute Gasteiger partial charge is 0.389 e. The van der Waals surface area contributed by atoms with Gasteiger partial charge in [-0.25, -0.2) is 0 Å². The molecular formula is C16H24N2S. The highest BCUT2D eigenvalue weighted by molar-refractivity contribution is 7.80. The molecule has 1 aliphatic carbocycles. The number of benzene rings is 1. The predicted octanol–water partition coefficient (Wildman–Crippen LogP) is 3.95. The van der Waals surface area contributed by atoms with Gasteiger partial charge in [-0.05, 0) is 36.8 Å². The predicted molar refractivity (Wildman–Crippen MR) is 86.6 cm³/mol. The average Bonchev–Trinajstić information content (AvgIpc) is 2.46. The Morgan fingerprint density at radius 1 is 1.21 bits per heavy atom. The molecule has 0 unspecified atom stereocenters. The highest BCUT2D eigenvalue weighted by Crippen LogP contribution is 2.30. The van der Waals surface area contributed by atoms with Crippen molar-refractivity contribution >= 4 is 22.9 Å². The number of hydrogen-bond acceptors (Lipinski definition) is 2. The normalized spacial score (nSPS) is 23.0. The SMILES string of the molecule is CCC1CCC(CNc2ccccc2C(N)=S)CC1. The first-order chi connectivity index (χ1) is 9.20. The van der Waals surface area contributed by atoms with E-state index in [0.29, 0.717) is 4.99 Å². The van der Waals surface area contributed by atoms with E-state index in [-0.39, 0.29) is 0 Å². The number of thiocarbonyl (C=S) groups is 1. The third-order valence-electron chi connectivity index (χ3n) is 4.32. The number of hydrogen-bond donors (Lipinski definition) is 2. The van der Waals surface area contributed by atoms with Crippen LogP contribution in [0.2, 0.25) is 0 Å². The Labute approximate surface area is 121 Å². The van der Waals surface area contributed by atoms with E-state index in [0.717, 1.165) is 29.6 Å². The van der Waals surface area contributed by atoms with Crippen LogP contribution in [0.4, 0.5) is 5.69 Å². The van der Waals surface area contributed by atoms with Crippen molar-refractivity contribution in [1.29, 1.82) is 0 Å². The minimum absolute atomic E-state index is 0.470. The molecule has 0 heterocycles. The quantitative estimate of drug-likeness (QED) is 0.800. The Morgan fingerprint density at radius 2 is 1.84 bits per heavy atom. The molecule has 1 saturated carbocycles. The van der Waals surface area contributed by atoms with Crippen molar-refractivity contribution in [2.24, 2.45) is 17.6 Å². The lowest BCUT2D eigenvalue weighted by Crippen LogP contribution is -2.22. The Bertz CT molecular complexity index is 423. The third kappa shape index (κ3) is 3.93. The second-order valence-corrected chi connectivity index (χ2v) is 6.03. The van der Waals surface area contributed by atoms with E-state index in [1.54, 1.807) is 0 Å². The average molecular weight is 276 g/mol. The van der Waals surface area contributed by atoms with E-state index in [4.69, 9.17) is 18.0 Å². The fourth-order valence-electron chi connectivity index (χ4n) is 2.95. The van der Waals surface area contributed by atoms with Gasteiger partial charge in [0, 0.05) is 17.8 Å². The molecule has 0 radical (unpaired) electrons. The van der Waals surface area contributed by atoms with Gasteiger partial charge in [0.25, 0.3) is 0 Å². The number of nitrogens with one attached hydrogen (secondary N) is 1. The lowest BCUT2D eigenvalue weighted by molar-refractivity contribution is 0.278. The van der Waals surface area contributed by atoms with Crippen molar-refractivity contribution in [2.75, 3.05) is 11.9 Å². The Balaban J connectivity index is 1.88. The van der Waals surface area contributed by atoms with E-state index in [1.807, 2.05) is 18.2 Å². The smallest absolute Gasteiger partial charge is 0.106 e. The van der Waals surface area contributed by atoms with Gasteiger partial charge in [0.2, 0.25) is 0 Å². The zero-order valence-corrected chi connectivity index (χ0v) is 12.5. The summed E-state index contributed by atoms with van der Waals surface area (Å²) in [7, 11) is 0. The monoisotopic (exact) mass is 276 g/mol. The highest BCUT2D eigenvalue weighted by Gasteiger charge is 2.19. The molecular weight excluding hydrogens is 252 g/mol. The van der Waals surface area contributed by atoms with Gasteiger partial charge in [-0.3, -0.25) is 0 Å². The van der Waals surface area contributed by atoms with Crippen LogP contribution in [0.3, 0.4) is 0 Å². The van der Waals surface area contributed by atoms with Gasteiger partial charge in [0.15, 0.2) is 0 Å². The van der Waals surface area contributed by atoms with Gasteiger partial charge >= 0.3 is 0 Å². The standard InChI is InChI=1S/C16H24N2S/c1-2-12-7-9-13(10-8-12)11-18-15-6-4-3-5-14(15)16(17)19/h3-6,12-13,18H,2,7-11H2,1H3,(H2,17,19). The second-order valence-electron chi connectivity index (χ2n) is 5.59. The fraction of sp³-hybridized carbons (Fsp3) is 0.562. The van der Waals surface area contributed by atoms with E-state index >= 15 is 0 Å². The van der Waals surface area contributed by atoms with Crippen LogP contribution in [0, 0.1) is 11.8 Å². The Morgan fingerprint density at radius 3 is 2.47 bits per heavy atom. The summed E-state index contributed by atoms with van der Waals surface area (Å²) in [6, 6.07) is 8.05. The van der Waals surface area contributed by atoms with E-state index in [2.05, 4.69) is 18.3 Å². The van der Waals surface area contributed by atoms with Gasteiger partial charge in [0.05, 0.1) is 0 Å². The van der Waals surface area contributed by atoms with Gasteiger partial charge in [0.1, 0.15) is 4.99 Å². The summed E-state index contributed by atoms with van der Waals surface area (Å²) >= 11 is 5.09. The van der Waals surface area contributed by atoms with Crippen molar-refractivity contribution < 1.29 is 0 Å². The Kier molecular flexibility index (Phi) is 5.20. The molecule has 1 aromatic carbocycles. The first kappa shape index (κ1) is 14.3. The molecule has 0 atom stereocenters. The van der Waals surface area contributed by atoms with Gasteiger partial charge < -0.3 is 11.1 Å². The molecule has 0 saturated heterocycles. The topological polar surface area (TPSA) is 38.0 Å². The van der Waals surface area contributed by atoms with Crippen molar-refractivity contribution in [3.63, 3.8) is 0 Å². The van der Waals surface area contributed by atoms with E-state index in [1.165, 1.54) is 32.1 Å². The highest BCUT2D eigenvalue weighted by atomic mass is 32.1. The summed E-state index contributed by atoms with van der Waals surface area (Å²) in [5, 5.41) is 3.53. The van der Waals surface area contributed by atoms with Crippen LogP contribution in [0.25, 0.3) is 0 Å². The minimum atomic E-state index is 0.470. The molecule has 0 spiro atoms. The molecule has 0 aromatic heterocycles. The van der Waals surface area contributed by atoms with Crippen molar-refractivity contribution in [2.45, 2.75) is 39.0 Å². The maximum absolute atomic E-state index is 5.75. The van der Waals surface area contributed by atoms with Gasteiger partial charge in [-0.15, -0.1) is 0 Å². The van der Waals surface area contributed by atoms with E-state index in [9.17, 15) is 0 Å². The summed E-state index contributed by atoms with van der Waals surface area (Å²) in [5.74, 6) is 1.75. The van der Waals surface area contributed by atoms with Gasteiger partial charge in [-0.2, -0.15) is 0 Å². The summed E-state index contributed by atoms with van der Waals surface area (Å²) in [6.07, 6.45) is 6.81. The molecule has 0 bridgehead atoms. The molecule has 19 heavy (non-hydrogen) atoms. The lowest BCUT2D eigenvalue weighted by Gasteiger charge is -2.28. The zero-order valence-electron chi connectivity index (χ0n) is 11.7. The maximum atomic E-state index is 5.75. The molecule has 1 aromatic rings. The van der Waals surface area contributed by atoms with Crippen LogP contribution in [-0.2, 0) is 0 Å². The van der Waals surface area contributed by atoms with Crippen molar-refractivity contribution in [3.8, 4) is 0 Å². The van der Waals surface area contributed by atoms with E-state index < -0.39 is 0 Å². The number of para-hydroxylation sites is 1. The first-order valence-electron chi connectivity index (χ1n) is 7.33. The number of rotatable bonds is 5. The second kappa shape index (κ2) is 6.90. The van der Waals surface area contributed by atoms with Crippen LogP contribution in [-0.4, -0.2) is 11.5 Å². The summed E-state index contributed by atoms with van der Waals surface area (Å²) in [4.78, 5) is 0.470. The lowest BCUT2D eigenvalue weighted by atomic mass is 9.81. The molecule has 104 valence electrons. The molecule has 2 nitrogen and oxygen atoms in total. The molecule has 3 heteroatoms. The van der Waals surface area contributed by atoms with Gasteiger partial charge in [-0.1, -0.05) is 50.5 Å². The molecule has 3 N–H and O–H groups in total. The van der Waals surface area contributed by atoms with Crippen LogP contribution in [0.5, 0.6) is 0 Å². The summed E-state index contributed by atoms with van der Waals surface area (Å²) in [5.41, 5.74) is 7.79. The molecule has 1 aliphatic rings. The number of anilines is 1. The van der Waals surface area contributed by atoms with Crippen LogP contribution in [0.15, 0.2) is 24.3 Å². The molecule has 0 amide bonds. The summed E-state index contributed by atoms with van der Waals surface area (Å²) in [6.45, 7) is 3.34. The van der Waals surface area contributed by atoms with Crippen LogP contribution >= 0.6 is 12.2 Å². The minimum Gasteiger partial charge on any atom is -0.389 e. The van der Waals surface area contributed by atoms with Crippen LogP contribution < -0.4 is 11.1 Å². The first-order valence-corrected chi connectivity index (χ1v) is 7.74. The zero-order chi connectivity index (χ0) is 13.7. The molecule has 0 aliphatic heterocycles. The third-order valence-corrected chi connectivity index (χ3v) is 4.54. The number of nitrogens with two attached hydrogens (primary N) is 1. The maximum Gasteiger partial charge on any atom is 0.106 e. The molecule has 2 rings (SSSR count). The molecule has 1 fully saturated rings. The summed E-state index contributed by atoms with van der Waals surface area (Å²) < 4.78 is 0.